The largest absolute Gasteiger partial charge is 0.454 e. The van der Waals surface area contributed by atoms with Crippen molar-refractivity contribution in [1.29, 1.82) is 0 Å². The lowest BCUT2D eigenvalue weighted by atomic mass is 10.0. The van der Waals surface area contributed by atoms with Gasteiger partial charge in [0.15, 0.2) is 11.5 Å². The minimum absolute atomic E-state index is 0.310. The van der Waals surface area contributed by atoms with Crippen LogP contribution in [0.25, 0.3) is 0 Å². The quantitative estimate of drug-likeness (QED) is 0.913. The number of rotatable bonds is 2. The van der Waals surface area contributed by atoms with Crippen LogP contribution < -0.4 is 19.7 Å². The van der Waals surface area contributed by atoms with Gasteiger partial charge >= 0.3 is 0 Å². The van der Waals surface area contributed by atoms with Crippen LogP contribution in [0.4, 0.5) is 11.4 Å². The Labute approximate surface area is 137 Å². The van der Waals surface area contributed by atoms with Crippen molar-refractivity contribution in [3.05, 3.63) is 47.0 Å². The second-order valence-corrected chi connectivity index (χ2v) is 6.50. The molecule has 4 heteroatoms. The monoisotopic (exact) mass is 310 g/mol. The molecule has 0 amide bonds. The van der Waals surface area contributed by atoms with E-state index in [2.05, 4.69) is 61.3 Å². The third-order valence-electron chi connectivity index (χ3n) is 4.84. The van der Waals surface area contributed by atoms with Gasteiger partial charge < -0.3 is 19.7 Å². The predicted molar refractivity (Wildman–Crippen MR) is 92.6 cm³/mol. The average molecular weight is 310 g/mol. The van der Waals surface area contributed by atoms with Crippen LogP contribution in [0.15, 0.2) is 30.3 Å². The molecule has 23 heavy (non-hydrogen) atoms. The maximum Gasteiger partial charge on any atom is 0.231 e. The van der Waals surface area contributed by atoms with E-state index in [0.717, 1.165) is 30.3 Å². The molecule has 2 aromatic rings. The second-order valence-electron chi connectivity index (χ2n) is 6.50. The fourth-order valence-electron chi connectivity index (χ4n) is 3.26. The van der Waals surface area contributed by atoms with Gasteiger partial charge in [0, 0.05) is 31.3 Å². The Kier molecular flexibility index (Phi) is 3.33. The number of ether oxygens (including phenoxy) is 2. The van der Waals surface area contributed by atoms with E-state index < -0.39 is 0 Å². The van der Waals surface area contributed by atoms with E-state index in [0.29, 0.717) is 12.8 Å². The lowest BCUT2D eigenvalue weighted by Gasteiger charge is -2.38. The van der Waals surface area contributed by atoms with Crippen LogP contribution in [-0.2, 0) is 6.54 Å². The first-order chi connectivity index (χ1) is 11.1. The van der Waals surface area contributed by atoms with Gasteiger partial charge in [0.25, 0.3) is 0 Å². The van der Waals surface area contributed by atoms with E-state index >= 15 is 0 Å². The molecule has 0 spiro atoms. The SMILES string of the molecule is Cc1ccc(CN2c3cc4c(cc3NCC2C)OCO4)cc1C. The topological polar surface area (TPSA) is 33.7 Å². The van der Waals surface area contributed by atoms with Crippen molar-refractivity contribution in [1.82, 2.24) is 0 Å². The summed E-state index contributed by atoms with van der Waals surface area (Å²) in [6.45, 7) is 8.72. The van der Waals surface area contributed by atoms with Crippen molar-refractivity contribution < 1.29 is 9.47 Å². The summed E-state index contributed by atoms with van der Waals surface area (Å²) >= 11 is 0. The summed E-state index contributed by atoms with van der Waals surface area (Å²) < 4.78 is 11.0. The smallest absolute Gasteiger partial charge is 0.231 e. The molecule has 2 aromatic carbocycles. The van der Waals surface area contributed by atoms with Crippen molar-refractivity contribution >= 4 is 11.4 Å². The zero-order valence-corrected chi connectivity index (χ0v) is 13.8. The summed E-state index contributed by atoms with van der Waals surface area (Å²) in [6, 6.07) is 11.3. The van der Waals surface area contributed by atoms with Crippen LogP contribution in [0.2, 0.25) is 0 Å². The van der Waals surface area contributed by atoms with Gasteiger partial charge in [-0.25, -0.2) is 0 Å². The second kappa shape index (κ2) is 5.37. The van der Waals surface area contributed by atoms with Crippen molar-refractivity contribution in [2.24, 2.45) is 0 Å². The molecule has 4 rings (SSSR count). The fourth-order valence-corrected chi connectivity index (χ4v) is 3.26. The average Bonchev–Trinajstić information content (AvgIpc) is 2.99. The van der Waals surface area contributed by atoms with E-state index in [1.807, 2.05) is 0 Å². The van der Waals surface area contributed by atoms with Gasteiger partial charge in [0.2, 0.25) is 6.79 Å². The minimum atomic E-state index is 0.310. The van der Waals surface area contributed by atoms with Crippen molar-refractivity contribution in [3.8, 4) is 11.5 Å². The molecule has 0 fully saturated rings. The lowest BCUT2D eigenvalue weighted by Crippen LogP contribution is -2.41. The summed E-state index contributed by atoms with van der Waals surface area (Å²) in [6.07, 6.45) is 0. The first-order valence-electron chi connectivity index (χ1n) is 8.12. The highest BCUT2D eigenvalue weighted by Gasteiger charge is 2.27. The number of fused-ring (bicyclic) bond motifs is 2. The van der Waals surface area contributed by atoms with E-state index in [1.165, 1.54) is 22.4 Å². The van der Waals surface area contributed by atoms with Crippen molar-refractivity contribution in [3.63, 3.8) is 0 Å². The van der Waals surface area contributed by atoms with E-state index in [9.17, 15) is 0 Å². The molecule has 4 nitrogen and oxygen atoms in total. The van der Waals surface area contributed by atoms with Crippen LogP contribution in [0.5, 0.6) is 11.5 Å². The third-order valence-corrected chi connectivity index (χ3v) is 4.84. The molecule has 2 aliphatic rings. The Morgan fingerprint density at radius 3 is 2.65 bits per heavy atom. The molecule has 0 aliphatic carbocycles. The molecule has 1 atom stereocenters. The molecule has 2 heterocycles. The summed E-state index contributed by atoms with van der Waals surface area (Å²) in [5.74, 6) is 1.67. The molecule has 1 N–H and O–H groups in total. The summed E-state index contributed by atoms with van der Waals surface area (Å²) in [5, 5.41) is 3.50. The van der Waals surface area contributed by atoms with Crippen LogP contribution in [-0.4, -0.2) is 19.4 Å². The first-order valence-corrected chi connectivity index (χ1v) is 8.12. The maximum absolute atomic E-state index is 5.56. The summed E-state index contributed by atoms with van der Waals surface area (Å²) in [5.41, 5.74) is 6.33. The number of benzene rings is 2. The zero-order valence-electron chi connectivity index (χ0n) is 13.8. The highest BCUT2D eigenvalue weighted by Crippen LogP contribution is 2.43. The number of anilines is 2. The molecule has 120 valence electrons. The zero-order chi connectivity index (χ0) is 16.0. The Morgan fingerprint density at radius 2 is 1.87 bits per heavy atom. The van der Waals surface area contributed by atoms with Crippen LogP contribution in [0.3, 0.4) is 0 Å². The van der Waals surface area contributed by atoms with E-state index in [1.54, 1.807) is 0 Å². The van der Waals surface area contributed by atoms with Gasteiger partial charge in [0.05, 0.1) is 11.4 Å². The van der Waals surface area contributed by atoms with Gasteiger partial charge in [-0.05, 0) is 37.5 Å². The number of nitrogens with zero attached hydrogens (tertiary/aromatic N) is 1. The standard InChI is InChI=1S/C19H22N2O2/c1-12-4-5-15(6-13(12)2)10-21-14(3)9-20-16-7-18-19(8-17(16)21)23-11-22-18/h4-8,14,20H,9-11H2,1-3H3. The third kappa shape index (κ3) is 2.48. The van der Waals surface area contributed by atoms with Gasteiger partial charge in [-0.1, -0.05) is 18.2 Å². The maximum atomic E-state index is 5.56. The van der Waals surface area contributed by atoms with Gasteiger partial charge in [-0.3, -0.25) is 0 Å². The van der Waals surface area contributed by atoms with Gasteiger partial charge in [-0.15, -0.1) is 0 Å². The summed E-state index contributed by atoms with van der Waals surface area (Å²) in [7, 11) is 0. The Morgan fingerprint density at radius 1 is 1.09 bits per heavy atom. The molecule has 2 aliphatic heterocycles. The molecular weight excluding hydrogens is 288 g/mol. The van der Waals surface area contributed by atoms with Crippen molar-refractivity contribution in [2.75, 3.05) is 23.6 Å². The van der Waals surface area contributed by atoms with Crippen LogP contribution in [0, 0.1) is 13.8 Å². The molecule has 0 bridgehead atoms. The summed E-state index contributed by atoms with van der Waals surface area (Å²) in [4.78, 5) is 2.44. The molecule has 0 radical (unpaired) electrons. The van der Waals surface area contributed by atoms with Crippen LogP contribution in [0.1, 0.15) is 23.6 Å². The number of aryl methyl sites for hydroxylation is 2. The minimum Gasteiger partial charge on any atom is -0.454 e. The fraction of sp³-hybridized carbons (Fsp3) is 0.368. The predicted octanol–water partition coefficient (Wildman–Crippen LogP) is 3.85. The van der Waals surface area contributed by atoms with Crippen molar-refractivity contribution in [2.45, 2.75) is 33.4 Å². The Bertz CT molecular complexity index is 757. The molecular formula is C19H22N2O2. The normalized spacial score (nSPS) is 18.6. The van der Waals surface area contributed by atoms with Crippen LogP contribution >= 0.6 is 0 Å². The Balaban J connectivity index is 1.70. The first kappa shape index (κ1) is 14.2. The van der Waals surface area contributed by atoms with Gasteiger partial charge in [0.1, 0.15) is 0 Å². The number of nitrogens with one attached hydrogen (secondary N) is 1. The van der Waals surface area contributed by atoms with E-state index in [4.69, 9.17) is 9.47 Å². The highest BCUT2D eigenvalue weighted by atomic mass is 16.7. The number of hydrogen-bond acceptors (Lipinski definition) is 4. The molecule has 1 unspecified atom stereocenters. The molecule has 0 saturated carbocycles. The molecule has 0 aromatic heterocycles. The van der Waals surface area contributed by atoms with Gasteiger partial charge in [-0.2, -0.15) is 0 Å². The molecule has 0 saturated heterocycles. The highest BCUT2D eigenvalue weighted by molar-refractivity contribution is 5.77. The number of hydrogen-bond donors (Lipinski definition) is 1. The Hall–Kier alpha value is -2.36. The van der Waals surface area contributed by atoms with E-state index in [-0.39, 0.29) is 0 Å². The lowest BCUT2D eigenvalue weighted by molar-refractivity contribution is 0.174.